The maximum atomic E-state index is 11.9. The van der Waals surface area contributed by atoms with E-state index < -0.39 is 0 Å². The SMILES string of the molecule is Cn1nccc1NC(=O)c1ccccc1I. The smallest absolute Gasteiger partial charge is 0.257 e. The fraction of sp³-hybridized carbons (Fsp3) is 0.0909. The van der Waals surface area contributed by atoms with Crippen LogP contribution in [0.1, 0.15) is 10.4 Å². The molecule has 0 aliphatic heterocycles. The number of benzene rings is 1. The number of rotatable bonds is 2. The minimum absolute atomic E-state index is 0.117. The Morgan fingerprint density at radius 3 is 2.75 bits per heavy atom. The third-order valence-corrected chi connectivity index (χ3v) is 3.12. The van der Waals surface area contributed by atoms with E-state index in [0.29, 0.717) is 11.4 Å². The maximum Gasteiger partial charge on any atom is 0.257 e. The van der Waals surface area contributed by atoms with E-state index in [4.69, 9.17) is 0 Å². The number of nitrogens with zero attached hydrogens (tertiary/aromatic N) is 2. The lowest BCUT2D eigenvalue weighted by molar-refractivity contribution is 0.102. The van der Waals surface area contributed by atoms with Crippen molar-refractivity contribution in [1.29, 1.82) is 0 Å². The first kappa shape index (κ1) is 11.1. The predicted molar refractivity (Wildman–Crippen MR) is 70.3 cm³/mol. The summed E-state index contributed by atoms with van der Waals surface area (Å²) in [5.74, 6) is 0.568. The summed E-state index contributed by atoms with van der Waals surface area (Å²) >= 11 is 2.14. The van der Waals surface area contributed by atoms with Crippen LogP contribution in [0.4, 0.5) is 5.82 Å². The summed E-state index contributed by atoms with van der Waals surface area (Å²) in [7, 11) is 1.78. The van der Waals surface area contributed by atoms with Crippen LogP contribution in [-0.2, 0) is 7.05 Å². The van der Waals surface area contributed by atoms with Gasteiger partial charge in [-0.25, -0.2) is 0 Å². The van der Waals surface area contributed by atoms with Crippen molar-refractivity contribution in [3.63, 3.8) is 0 Å². The highest BCUT2D eigenvalue weighted by atomic mass is 127. The molecule has 0 bridgehead atoms. The first-order valence-corrected chi connectivity index (χ1v) is 5.80. The molecule has 0 fully saturated rings. The zero-order chi connectivity index (χ0) is 11.5. The standard InChI is InChI=1S/C11H10IN3O/c1-15-10(6-7-13-15)14-11(16)8-4-2-3-5-9(8)12/h2-7H,1H3,(H,14,16). The van der Waals surface area contributed by atoms with Gasteiger partial charge in [0.2, 0.25) is 0 Å². The van der Waals surface area contributed by atoms with E-state index in [0.717, 1.165) is 3.57 Å². The number of hydrogen-bond donors (Lipinski definition) is 1. The van der Waals surface area contributed by atoms with E-state index in [9.17, 15) is 4.79 Å². The summed E-state index contributed by atoms with van der Waals surface area (Å²) in [6, 6.07) is 9.21. The molecule has 0 saturated heterocycles. The molecule has 0 spiro atoms. The topological polar surface area (TPSA) is 46.9 Å². The summed E-state index contributed by atoms with van der Waals surface area (Å²) in [6.07, 6.45) is 1.64. The molecule has 2 aromatic rings. The Labute approximate surface area is 107 Å². The van der Waals surface area contributed by atoms with Gasteiger partial charge in [0.05, 0.1) is 11.8 Å². The number of nitrogens with one attached hydrogen (secondary N) is 1. The Balaban J connectivity index is 2.22. The normalized spacial score (nSPS) is 10.1. The van der Waals surface area contributed by atoms with Crippen molar-refractivity contribution in [2.24, 2.45) is 7.05 Å². The fourth-order valence-corrected chi connectivity index (χ4v) is 1.96. The van der Waals surface area contributed by atoms with Crippen LogP contribution in [0.25, 0.3) is 0 Å². The van der Waals surface area contributed by atoms with Crippen molar-refractivity contribution in [1.82, 2.24) is 9.78 Å². The highest BCUT2D eigenvalue weighted by Gasteiger charge is 2.10. The van der Waals surface area contributed by atoms with Gasteiger partial charge < -0.3 is 5.32 Å². The number of amides is 1. The monoisotopic (exact) mass is 327 g/mol. The number of halogens is 1. The maximum absolute atomic E-state index is 11.9. The minimum Gasteiger partial charge on any atom is -0.307 e. The molecule has 1 N–H and O–H groups in total. The number of carbonyl (C=O) groups excluding carboxylic acids is 1. The third kappa shape index (κ3) is 2.24. The molecule has 2 rings (SSSR count). The molecule has 1 amide bonds. The molecule has 0 aliphatic rings. The van der Waals surface area contributed by atoms with E-state index in [1.165, 1.54) is 0 Å². The molecule has 0 saturated carbocycles. The van der Waals surface area contributed by atoms with E-state index in [1.54, 1.807) is 30.1 Å². The number of hydrogen-bond acceptors (Lipinski definition) is 2. The Morgan fingerprint density at radius 1 is 1.38 bits per heavy atom. The molecular formula is C11H10IN3O. The van der Waals surface area contributed by atoms with Gasteiger partial charge in [0.25, 0.3) is 5.91 Å². The van der Waals surface area contributed by atoms with Crippen LogP contribution in [0, 0.1) is 3.57 Å². The van der Waals surface area contributed by atoms with E-state index >= 15 is 0 Å². The molecule has 0 radical (unpaired) electrons. The summed E-state index contributed by atoms with van der Waals surface area (Å²) in [4.78, 5) is 11.9. The van der Waals surface area contributed by atoms with Crippen LogP contribution in [0.15, 0.2) is 36.5 Å². The Morgan fingerprint density at radius 2 is 2.12 bits per heavy atom. The second-order valence-electron chi connectivity index (χ2n) is 3.27. The number of aryl methyl sites for hydroxylation is 1. The first-order chi connectivity index (χ1) is 7.68. The van der Waals surface area contributed by atoms with Crippen LogP contribution in [-0.4, -0.2) is 15.7 Å². The second-order valence-corrected chi connectivity index (χ2v) is 4.44. The summed E-state index contributed by atoms with van der Waals surface area (Å²) in [6.45, 7) is 0. The van der Waals surface area contributed by atoms with E-state index in [-0.39, 0.29) is 5.91 Å². The highest BCUT2D eigenvalue weighted by molar-refractivity contribution is 14.1. The zero-order valence-electron chi connectivity index (χ0n) is 8.64. The largest absolute Gasteiger partial charge is 0.307 e. The van der Waals surface area contributed by atoms with Gasteiger partial charge in [-0.1, -0.05) is 12.1 Å². The lowest BCUT2D eigenvalue weighted by Gasteiger charge is -2.06. The van der Waals surface area contributed by atoms with Crippen LogP contribution in [0.3, 0.4) is 0 Å². The lowest BCUT2D eigenvalue weighted by Crippen LogP contribution is -2.15. The van der Waals surface area contributed by atoms with Gasteiger partial charge in [0.1, 0.15) is 5.82 Å². The van der Waals surface area contributed by atoms with Crippen molar-refractivity contribution >= 4 is 34.3 Å². The zero-order valence-corrected chi connectivity index (χ0v) is 10.8. The Bertz CT molecular complexity index is 521. The number of anilines is 1. The Kier molecular flexibility index (Phi) is 3.23. The molecule has 82 valence electrons. The second kappa shape index (κ2) is 4.65. The minimum atomic E-state index is -0.117. The van der Waals surface area contributed by atoms with Gasteiger partial charge in [-0.15, -0.1) is 0 Å². The highest BCUT2D eigenvalue weighted by Crippen LogP contribution is 2.13. The first-order valence-electron chi connectivity index (χ1n) is 4.72. The summed E-state index contributed by atoms with van der Waals surface area (Å²) < 4.78 is 2.55. The van der Waals surface area contributed by atoms with Crippen LogP contribution in [0.5, 0.6) is 0 Å². The molecule has 0 unspecified atom stereocenters. The summed E-state index contributed by atoms with van der Waals surface area (Å²) in [5, 5.41) is 6.79. The van der Waals surface area contributed by atoms with Gasteiger partial charge in [-0.05, 0) is 34.7 Å². The lowest BCUT2D eigenvalue weighted by atomic mass is 10.2. The molecule has 4 nitrogen and oxygen atoms in total. The molecule has 5 heteroatoms. The van der Waals surface area contributed by atoms with Gasteiger partial charge >= 0.3 is 0 Å². The van der Waals surface area contributed by atoms with E-state index in [2.05, 4.69) is 33.0 Å². The van der Waals surface area contributed by atoms with Crippen molar-refractivity contribution in [2.45, 2.75) is 0 Å². The van der Waals surface area contributed by atoms with Crippen molar-refractivity contribution in [2.75, 3.05) is 5.32 Å². The van der Waals surface area contributed by atoms with Gasteiger partial charge in [0, 0.05) is 16.7 Å². The van der Waals surface area contributed by atoms with E-state index in [1.807, 2.05) is 18.2 Å². The molecule has 1 aromatic carbocycles. The Hall–Kier alpha value is -1.37. The van der Waals surface area contributed by atoms with Gasteiger partial charge in [-0.2, -0.15) is 5.10 Å². The van der Waals surface area contributed by atoms with Crippen LogP contribution >= 0.6 is 22.6 Å². The molecule has 1 aromatic heterocycles. The number of aromatic nitrogens is 2. The quantitative estimate of drug-likeness (QED) is 0.861. The van der Waals surface area contributed by atoms with Gasteiger partial charge in [-0.3, -0.25) is 9.48 Å². The fourth-order valence-electron chi connectivity index (χ4n) is 1.33. The molecule has 16 heavy (non-hydrogen) atoms. The van der Waals surface area contributed by atoms with Crippen molar-refractivity contribution in [3.8, 4) is 0 Å². The van der Waals surface area contributed by atoms with Crippen molar-refractivity contribution in [3.05, 3.63) is 45.7 Å². The summed E-state index contributed by atoms with van der Waals surface area (Å²) in [5.41, 5.74) is 0.671. The van der Waals surface area contributed by atoms with Crippen LogP contribution in [0.2, 0.25) is 0 Å². The average Bonchev–Trinajstić information content (AvgIpc) is 2.65. The molecule has 1 heterocycles. The molecular weight excluding hydrogens is 317 g/mol. The molecule has 0 aliphatic carbocycles. The van der Waals surface area contributed by atoms with Crippen LogP contribution < -0.4 is 5.32 Å². The number of carbonyl (C=O) groups is 1. The van der Waals surface area contributed by atoms with Gasteiger partial charge in [0.15, 0.2) is 0 Å². The van der Waals surface area contributed by atoms with Crippen molar-refractivity contribution < 1.29 is 4.79 Å². The predicted octanol–water partition coefficient (Wildman–Crippen LogP) is 2.28. The average molecular weight is 327 g/mol. The third-order valence-electron chi connectivity index (χ3n) is 2.18. The molecule has 0 atom stereocenters.